The highest BCUT2D eigenvalue weighted by Gasteiger charge is 2.12. The van der Waals surface area contributed by atoms with Crippen LogP contribution >= 0.6 is 0 Å². The van der Waals surface area contributed by atoms with Crippen molar-refractivity contribution < 1.29 is 24.2 Å². The predicted octanol–water partition coefficient (Wildman–Crippen LogP) is -1.47. The summed E-state index contributed by atoms with van der Waals surface area (Å²) in [6.45, 7) is 1.34. The first kappa shape index (κ1) is 9.57. The molecule has 0 aromatic rings. The Bertz CT molecular complexity index is 176. The lowest BCUT2D eigenvalue weighted by atomic mass is 10.4. The molecule has 0 aliphatic heterocycles. The van der Waals surface area contributed by atoms with E-state index in [0.29, 0.717) is 0 Å². The van der Waals surface area contributed by atoms with Gasteiger partial charge in [0.1, 0.15) is 6.04 Å². The Balaban J connectivity index is 3.62. The van der Waals surface area contributed by atoms with Gasteiger partial charge in [-0.1, -0.05) is 0 Å². The Hall–Kier alpha value is -1.43. The lowest BCUT2D eigenvalue weighted by Gasteiger charge is -2.01. The molecule has 0 aromatic carbocycles. The molecule has 2 N–H and O–H groups in total. The highest BCUT2D eigenvalue weighted by atomic mass is 17.2. The van der Waals surface area contributed by atoms with Gasteiger partial charge in [-0.05, 0) is 6.92 Å². The van der Waals surface area contributed by atoms with Gasteiger partial charge in [-0.2, -0.15) is 0 Å². The van der Waals surface area contributed by atoms with Crippen molar-refractivity contribution in [3.8, 4) is 0 Å². The van der Waals surface area contributed by atoms with E-state index in [-0.39, 0.29) is 6.29 Å². The average molecular weight is 161 g/mol. The molecule has 0 rings (SSSR count). The first-order chi connectivity index (χ1) is 5.07. The summed E-state index contributed by atoms with van der Waals surface area (Å²) in [6, 6.07) is -0.894. The molecule has 1 unspecified atom stereocenters. The standard InChI is InChI=1S/C5H7NO5/c1-3(6)5(9)11-10-4(8)2-7/h2-3H,6H2,1H3. The summed E-state index contributed by atoms with van der Waals surface area (Å²) in [4.78, 5) is 37.5. The SMILES string of the molecule is CC(N)C(=O)OOC(=O)C=O. The van der Waals surface area contributed by atoms with Gasteiger partial charge < -0.3 is 5.73 Å². The van der Waals surface area contributed by atoms with Crippen LogP contribution in [0.1, 0.15) is 6.92 Å². The summed E-state index contributed by atoms with van der Waals surface area (Å²) in [5.41, 5.74) is 5.01. The van der Waals surface area contributed by atoms with Crippen LogP contribution < -0.4 is 5.73 Å². The highest BCUT2D eigenvalue weighted by Crippen LogP contribution is 1.84. The van der Waals surface area contributed by atoms with E-state index in [1.54, 1.807) is 0 Å². The molecule has 62 valence electrons. The zero-order valence-corrected chi connectivity index (χ0v) is 5.77. The number of aldehydes is 1. The third-order valence-corrected chi connectivity index (χ3v) is 0.674. The maximum Gasteiger partial charge on any atom is 0.418 e. The van der Waals surface area contributed by atoms with Gasteiger partial charge in [0.2, 0.25) is 6.29 Å². The zero-order valence-electron chi connectivity index (χ0n) is 5.77. The molecule has 0 heterocycles. The molecular formula is C5H7NO5. The van der Waals surface area contributed by atoms with Crippen molar-refractivity contribution in [3.05, 3.63) is 0 Å². The maximum atomic E-state index is 10.4. The van der Waals surface area contributed by atoms with Gasteiger partial charge in [0.05, 0.1) is 0 Å². The van der Waals surface area contributed by atoms with Gasteiger partial charge in [0, 0.05) is 0 Å². The van der Waals surface area contributed by atoms with Gasteiger partial charge in [0.15, 0.2) is 0 Å². The van der Waals surface area contributed by atoms with Crippen LogP contribution in [0.4, 0.5) is 0 Å². The van der Waals surface area contributed by atoms with Crippen molar-refractivity contribution in [1.29, 1.82) is 0 Å². The second kappa shape index (κ2) is 4.40. The van der Waals surface area contributed by atoms with E-state index in [1.165, 1.54) is 6.92 Å². The van der Waals surface area contributed by atoms with Crippen LogP contribution in [-0.4, -0.2) is 24.3 Å². The van der Waals surface area contributed by atoms with E-state index in [2.05, 4.69) is 9.78 Å². The summed E-state index contributed by atoms with van der Waals surface area (Å²) in [6.07, 6.45) is -0.130. The van der Waals surface area contributed by atoms with Crippen LogP contribution in [-0.2, 0) is 24.2 Å². The summed E-state index contributed by atoms with van der Waals surface area (Å²) in [5.74, 6) is -2.20. The van der Waals surface area contributed by atoms with Crippen molar-refractivity contribution in [3.63, 3.8) is 0 Å². The van der Waals surface area contributed by atoms with Crippen LogP contribution in [0.25, 0.3) is 0 Å². The van der Waals surface area contributed by atoms with E-state index in [0.717, 1.165) is 0 Å². The molecular weight excluding hydrogens is 154 g/mol. The average Bonchev–Trinajstić information content (AvgIpc) is 1.99. The van der Waals surface area contributed by atoms with Crippen LogP contribution in [0.3, 0.4) is 0 Å². The van der Waals surface area contributed by atoms with Crippen molar-refractivity contribution in [1.82, 2.24) is 0 Å². The fourth-order valence-electron chi connectivity index (χ4n) is 0.178. The zero-order chi connectivity index (χ0) is 8.85. The molecule has 0 aliphatic rings. The molecule has 1 atom stereocenters. The molecule has 11 heavy (non-hydrogen) atoms. The molecule has 0 spiro atoms. The number of nitrogens with two attached hydrogens (primary N) is 1. The first-order valence-corrected chi connectivity index (χ1v) is 2.71. The van der Waals surface area contributed by atoms with Crippen LogP contribution in [0, 0.1) is 0 Å². The molecule has 0 fully saturated rings. The van der Waals surface area contributed by atoms with Gasteiger partial charge >= 0.3 is 11.9 Å². The second-order valence-electron chi connectivity index (χ2n) is 1.71. The lowest BCUT2D eigenvalue weighted by Crippen LogP contribution is -2.29. The molecule has 0 bridgehead atoms. The third-order valence-electron chi connectivity index (χ3n) is 0.674. The second-order valence-corrected chi connectivity index (χ2v) is 1.71. The topological polar surface area (TPSA) is 95.7 Å². The fourth-order valence-corrected chi connectivity index (χ4v) is 0.178. The Kier molecular flexibility index (Phi) is 3.82. The minimum absolute atomic E-state index is 0.130. The van der Waals surface area contributed by atoms with Crippen molar-refractivity contribution in [2.75, 3.05) is 0 Å². The molecule has 0 saturated heterocycles. The number of carbonyl (C=O) groups is 3. The minimum atomic E-state index is -1.28. The van der Waals surface area contributed by atoms with Gasteiger partial charge in [-0.15, -0.1) is 0 Å². The predicted molar refractivity (Wildman–Crippen MR) is 31.9 cm³/mol. The Morgan fingerprint density at radius 2 is 2.00 bits per heavy atom. The third kappa shape index (κ3) is 4.04. The Labute approximate surface area is 62.2 Å². The van der Waals surface area contributed by atoms with Crippen LogP contribution in [0.5, 0.6) is 0 Å². The molecule has 0 amide bonds. The van der Waals surface area contributed by atoms with E-state index < -0.39 is 18.0 Å². The van der Waals surface area contributed by atoms with E-state index in [9.17, 15) is 14.4 Å². The quantitative estimate of drug-likeness (QED) is 0.230. The van der Waals surface area contributed by atoms with Crippen LogP contribution in [0.15, 0.2) is 0 Å². The lowest BCUT2D eigenvalue weighted by molar-refractivity contribution is -0.256. The van der Waals surface area contributed by atoms with Crippen molar-refractivity contribution >= 4 is 18.2 Å². The first-order valence-electron chi connectivity index (χ1n) is 2.71. The van der Waals surface area contributed by atoms with Gasteiger partial charge in [-0.3, -0.25) is 4.79 Å². The normalized spacial score (nSPS) is 11.5. The maximum absolute atomic E-state index is 10.4. The molecule has 6 heteroatoms. The number of rotatable bonds is 2. The fraction of sp³-hybridized carbons (Fsp3) is 0.400. The molecule has 0 radical (unpaired) electrons. The van der Waals surface area contributed by atoms with Gasteiger partial charge in [0.25, 0.3) is 0 Å². The van der Waals surface area contributed by atoms with E-state index in [1.807, 2.05) is 0 Å². The van der Waals surface area contributed by atoms with Crippen LogP contribution in [0.2, 0.25) is 0 Å². The summed E-state index contributed by atoms with van der Waals surface area (Å²) >= 11 is 0. The molecule has 0 saturated carbocycles. The minimum Gasteiger partial charge on any atom is -0.319 e. The summed E-state index contributed by atoms with van der Waals surface area (Å²) < 4.78 is 0. The molecule has 0 aliphatic carbocycles. The molecule has 0 aromatic heterocycles. The smallest absolute Gasteiger partial charge is 0.319 e. The van der Waals surface area contributed by atoms with E-state index >= 15 is 0 Å². The summed E-state index contributed by atoms with van der Waals surface area (Å²) in [7, 11) is 0. The van der Waals surface area contributed by atoms with Gasteiger partial charge in [-0.25, -0.2) is 19.4 Å². The van der Waals surface area contributed by atoms with E-state index in [4.69, 9.17) is 5.73 Å². The highest BCUT2D eigenvalue weighted by molar-refractivity contribution is 6.20. The molecule has 6 nitrogen and oxygen atoms in total. The number of hydrogen-bond acceptors (Lipinski definition) is 6. The van der Waals surface area contributed by atoms with Crippen molar-refractivity contribution in [2.24, 2.45) is 5.73 Å². The Morgan fingerprint density at radius 3 is 2.36 bits per heavy atom. The number of carbonyl (C=O) groups excluding carboxylic acids is 3. The van der Waals surface area contributed by atoms with Crippen molar-refractivity contribution in [2.45, 2.75) is 13.0 Å². The summed E-state index contributed by atoms with van der Waals surface area (Å²) in [5, 5.41) is 0. The number of hydrogen-bond donors (Lipinski definition) is 1. The largest absolute Gasteiger partial charge is 0.418 e. The Morgan fingerprint density at radius 1 is 1.45 bits per heavy atom. The monoisotopic (exact) mass is 161 g/mol.